The first-order valence-corrected chi connectivity index (χ1v) is 13.7. The largest absolute Gasteiger partial charge is 0.507 e. The fraction of sp³-hybridized carbons (Fsp3) is 0.536. The smallest absolute Gasteiger partial charge is 0.303 e. The van der Waals surface area contributed by atoms with Gasteiger partial charge in [0.2, 0.25) is 11.8 Å². The molecular weight excluding hydrogens is 542 g/mol. The Morgan fingerprint density at radius 2 is 1.95 bits per heavy atom. The second-order valence-corrected chi connectivity index (χ2v) is 11.2. The summed E-state index contributed by atoms with van der Waals surface area (Å²) in [5.41, 5.74) is 3.59. The number of ether oxygens (including phenoxy) is 1. The van der Waals surface area contributed by atoms with Crippen LogP contribution in [0.15, 0.2) is 39.4 Å². The molecule has 4 rings (SSSR count). The summed E-state index contributed by atoms with van der Waals surface area (Å²) >= 11 is 3.43. The number of carbonyl (C=O) groups is 3. The quantitative estimate of drug-likeness (QED) is 0.204. The number of benzene rings is 1. The van der Waals surface area contributed by atoms with Gasteiger partial charge in [0.05, 0.1) is 31.2 Å². The van der Waals surface area contributed by atoms with Gasteiger partial charge in [-0.2, -0.15) is 0 Å². The van der Waals surface area contributed by atoms with Crippen molar-refractivity contribution in [1.29, 1.82) is 0 Å². The van der Waals surface area contributed by atoms with E-state index in [0.717, 1.165) is 33.2 Å². The number of carbonyl (C=O) groups excluding carboxylic acids is 2. The lowest BCUT2D eigenvalue weighted by Crippen LogP contribution is -2.35. The zero-order chi connectivity index (χ0) is 26.7. The number of fused-ring (bicyclic) bond motifs is 3. The lowest BCUT2D eigenvalue weighted by Gasteiger charge is -2.31. The van der Waals surface area contributed by atoms with E-state index in [4.69, 9.17) is 9.84 Å². The van der Waals surface area contributed by atoms with Gasteiger partial charge in [0.1, 0.15) is 5.75 Å². The van der Waals surface area contributed by atoms with Crippen LogP contribution in [-0.4, -0.2) is 63.9 Å². The van der Waals surface area contributed by atoms with Gasteiger partial charge in [0.25, 0.3) is 0 Å². The van der Waals surface area contributed by atoms with Gasteiger partial charge in [-0.05, 0) is 68.4 Å². The molecule has 8 nitrogen and oxygen atoms in total. The summed E-state index contributed by atoms with van der Waals surface area (Å²) in [4.78, 5) is 38.5. The highest BCUT2D eigenvalue weighted by Crippen LogP contribution is 2.49. The van der Waals surface area contributed by atoms with Crippen molar-refractivity contribution in [3.8, 4) is 5.75 Å². The van der Waals surface area contributed by atoms with Crippen molar-refractivity contribution in [3.05, 3.63) is 45.0 Å². The van der Waals surface area contributed by atoms with Crippen LogP contribution < -0.4 is 0 Å². The van der Waals surface area contributed by atoms with E-state index < -0.39 is 17.8 Å². The lowest BCUT2D eigenvalue weighted by atomic mass is 9.69. The number of carboxylic acid groups (broad SMARTS) is 1. The zero-order valence-corrected chi connectivity index (χ0v) is 22.6. The van der Waals surface area contributed by atoms with Crippen molar-refractivity contribution in [2.24, 2.45) is 17.8 Å². The van der Waals surface area contributed by atoms with Crippen molar-refractivity contribution < 1.29 is 34.4 Å². The number of hydrogen-bond donors (Lipinski definition) is 3. The van der Waals surface area contributed by atoms with E-state index in [-0.39, 0.29) is 42.6 Å². The van der Waals surface area contributed by atoms with Crippen molar-refractivity contribution in [3.63, 3.8) is 0 Å². The first-order valence-electron chi connectivity index (χ1n) is 12.9. The van der Waals surface area contributed by atoms with Crippen molar-refractivity contribution in [2.75, 3.05) is 19.8 Å². The molecule has 1 aliphatic carbocycles. The van der Waals surface area contributed by atoms with Gasteiger partial charge in [-0.25, -0.2) is 0 Å². The Hall–Kier alpha value is -2.49. The number of phenols is 1. The third-order valence-electron chi connectivity index (χ3n) is 7.75. The standard InChI is InChI=1S/C28H34BrNO7/c1-16(11-17-12-19(29)7-8-22(17)32)6-9-23-25-18(14-31)13-20-26(21(25)15-37-23)28(36)30(27(20)35)10-4-2-3-5-24(33)34/h7-8,11-12,20-21,23,26,31-32H,2-6,9-10,13-15H2,1H3,(H,33,34)/b16-11+/t20-,21+,23-,26-/m1/s1. The Kier molecular flexibility index (Phi) is 8.87. The van der Waals surface area contributed by atoms with Gasteiger partial charge >= 0.3 is 5.97 Å². The summed E-state index contributed by atoms with van der Waals surface area (Å²) in [6.45, 7) is 2.49. The van der Waals surface area contributed by atoms with Gasteiger partial charge < -0.3 is 20.1 Å². The van der Waals surface area contributed by atoms with Crippen molar-refractivity contribution in [2.45, 2.75) is 58.0 Å². The molecule has 1 aromatic carbocycles. The Morgan fingerprint density at radius 3 is 2.68 bits per heavy atom. The highest BCUT2D eigenvalue weighted by atomic mass is 79.9. The minimum atomic E-state index is -0.845. The summed E-state index contributed by atoms with van der Waals surface area (Å²) < 4.78 is 7.03. The number of halogens is 1. The van der Waals surface area contributed by atoms with Gasteiger partial charge in [-0.15, -0.1) is 0 Å². The summed E-state index contributed by atoms with van der Waals surface area (Å²) in [5.74, 6) is -2.13. The average Bonchev–Trinajstić information content (AvgIpc) is 3.38. The van der Waals surface area contributed by atoms with Crippen LogP contribution in [0.25, 0.3) is 6.08 Å². The van der Waals surface area contributed by atoms with E-state index in [9.17, 15) is 24.6 Å². The van der Waals surface area contributed by atoms with Crippen LogP contribution in [0.3, 0.4) is 0 Å². The van der Waals surface area contributed by atoms with Gasteiger partial charge in [0, 0.05) is 28.9 Å². The first-order chi connectivity index (χ1) is 17.7. The molecule has 200 valence electrons. The number of nitrogens with zero attached hydrogens (tertiary/aromatic N) is 1. The number of phenolic OH excluding ortho intramolecular Hbond substituents is 1. The maximum atomic E-state index is 13.3. The van der Waals surface area contributed by atoms with Gasteiger partial charge in [-0.1, -0.05) is 34.0 Å². The Bertz CT molecular complexity index is 1130. The number of aliphatic hydroxyl groups is 1. The van der Waals surface area contributed by atoms with Crippen molar-refractivity contribution >= 4 is 39.8 Å². The fourth-order valence-electron chi connectivity index (χ4n) is 5.97. The second kappa shape index (κ2) is 11.9. The third kappa shape index (κ3) is 5.99. The fourth-order valence-corrected chi connectivity index (χ4v) is 6.34. The number of unbranched alkanes of at least 4 members (excludes halogenated alkanes) is 2. The van der Waals surface area contributed by atoms with Crippen LogP contribution in [0.4, 0.5) is 0 Å². The Balaban J connectivity index is 1.42. The Morgan fingerprint density at radius 1 is 1.16 bits per heavy atom. The number of imide groups is 1. The average molecular weight is 576 g/mol. The zero-order valence-electron chi connectivity index (χ0n) is 21.0. The Labute approximate surface area is 225 Å². The van der Waals surface area contributed by atoms with Gasteiger partial charge in [-0.3, -0.25) is 19.3 Å². The predicted molar refractivity (Wildman–Crippen MR) is 140 cm³/mol. The molecule has 1 aromatic rings. The van der Waals surface area contributed by atoms with Crippen LogP contribution in [-0.2, 0) is 19.1 Å². The number of aliphatic carboxylic acids is 1. The number of aromatic hydroxyl groups is 1. The maximum absolute atomic E-state index is 13.3. The number of rotatable bonds is 11. The van der Waals surface area contributed by atoms with Crippen LogP contribution in [0.1, 0.15) is 57.4 Å². The van der Waals surface area contributed by atoms with E-state index in [1.807, 2.05) is 19.1 Å². The van der Waals surface area contributed by atoms with Crippen molar-refractivity contribution in [1.82, 2.24) is 4.90 Å². The van der Waals surface area contributed by atoms with E-state index in [1.54, 1.807) is 12.1 Å². The van der Waals surface area contributed by atoms with E-state index in [2.05, 4.69) is 15.9 Å². The molecular formula is C28H34BrNO7. The number of carboxylic acids is 1. The van der Waals surface area contributed by atoms with Crippen LogP contribution in [0.5, 0.6) is 5.75 Å². The molecule has 2 fully saturated rings. The highest BCUT2D eigenvalue weighted by Gasteiger charge is 2.56. The molecule has 37 heavy (non-hydrogen) atoms. The van der Waals surface area contributed by atoms with E-state index in [0.29, 0.717) is 45.3 Å². The molecule has 0 aromatic heterocycles. The van der Waals surface area contributed by atoms with Crippen LogP contribution >= 0.6 is 15.9 Å². The maximum Gasteiger partial charge on any atom is 0.303 e. The molecule has 2 saturated heterocycles. The number of likely N-dealkylation sites (tertiary alicyclic amines) is 1. The SMILES string of the molecule is C/C(=C\c1cc(Br)ccc1O)CC[C@H]1OC[C@H]2C1=C(CO)C[C@H]1C(=O)N(CCCCCC(=O)O)C(=O)[C@H]12. The number of hydrogen-bond acceptors (Lipinski definition) is 6. The molecule has 2 heterocycles. The predicted octanol–water partition coefficient (Wildman–Crippen LogP) is 4.29. The minimum absolute atomic E-state index is 0.0831. The molecule has 0 unspecified atom stereocenters. The molecule has 2 aliphatic heterocycles. The minimum Gasteiger partial charge on any atom is -0.507 e. The summed E-state index contributed by atoms with van der Waals surface area (Å²) in [6.07, 6.45) is 5.32. The van der Waals surface area contributed by atoms with E-state index in [1.165, 1.54) is 4.90 Å². The summed E-state index contributed by atoms with van der Waals surface area (Å²) in [5, 5.41) is 29.1. The molecule has 0 radical (unpaired) electrons. The highest BCUT2D eigenvalue weighted by molar-refractivity contribution is 9.10. The lowest BCUT2D eigenvalue weighted by molar-refractivity contribution is -0.141. The number of amides is 2. The molecule has 0 spiro atoms. The number of aliphatic hydroxyl groups excluding tert-OH is 1. The molecule has 0 bridgehead atoms. The molecule has 0 saturated carbocycles. The summed E-state index contributed by atoms with van der Waals surface area (Å²) in [6, 6.07) is 5.28. The van der Waals surface area contributed by atoms with Crippen LogP contribution in [0, 0.1) is 17.8 Å². The summed E-state index contributed by atoms with van der Waals surface area (Å²) in [7, 11) is 0. The molecule has 3 aliphatic rings. The topological polar surface area (TPSA) is 124 Å². The molecule has 9 heteroatoms. The first kappa shape index (κ1) is 27.5. The second-order valence-electron chi connectivity index (χ2n) is 10.2. The molecule has 3 N–H and O–H groups in total. The molecule has 2 amide bonds. The van der Waals surface area contributed by atoms with E-state index >= 15 is 0 Å². The monoisotopic (exact) mass is 575 g/mol. The number of allylic oxidation sites excluding steroid dienone is 1. The van der Waals surface area contributed by atoms with Gasteiger partial charge in [0.15, 0.2) is 0 Å². The molecule has 4 atom stereocenters. The third-order valence-corrected chi connectivity index (χ3v) is 8.25. The normalized spacial score (nSPS) is 25.6. The van der Waals surface area contributed by atoms with Crippen LogP contribution in [0.2, 0.25) is 0 Å².